The van der Waals surface area contributed by atoms with Crippen molar-refractivity contribution in [3.8, 4) is 0 Å². The van der Waals surface area contributed by atoms with E-state index in [2.05, 4.69) is 25.9 Å². The van der Waals surface area contributed by atoms with Gasteiger partial charge < -0.3 is 5.11 Å². The molecule has 0 radical (unpaired) electrons. The molecule has 3 atom stereocenters. The first kappa shape index (κ1) is 16.5. The smallest absolute Gasteiger partial charge is 0.0850 e. The van der Waals surface area contributed by atoms with Gasteiger partial charge >= 0.3 is 0 Å². The van der Waals surface area contributed by atoms with Crippen molar-refractivity contribution in [2.75, 3.05) is 11.5 Å². The van der Waals surface area contributed by atoms with Crippen molar-refractivity contribution < 1.29 is 5.11 Å². The number of hydrogen-bond donors (Lipinski definition) is 1. The van der Waals surface area contributed by atoms with E-state index in [-0.39, 0.29) is 11.4 Å². The number of aromatic nitrogens is 2. The van der Waals surface area contributed by atoms with Gasteiger partial charge in [0.2, 0.25) is 0 Å². The van der Waals surface area contributed by atoms with Crippen molar-refractivity contribution in [1.82, 2.24) is 9.78 Å². The summed E-state index contributed by atoms with van der Waals surface area (Å²) in [6, 6.07) is 0. The Balaban J connectivity index is 2.14. The summed E-state index contributed by atoms with van der Waals surface area (Å²) in [5.74, 6) is 2.31. The molecule has 3 unspecified atom stereocenters. The Hall–Kier alpha value is 0.160. The van der Waals surface area contributed by atoms with Crippen LogP contribution in [0.15, 0.2) is 0 Å². The minimum atomic E-state index is -0.355. The molecule has 2 rings (SSSR count). The Morgan fingerprint density at radius 2 is 2.10 bits per heavy atom. The summed E-state index contributed by atoms with van der Waals surface area (Å²) < 4.78 is 1.94. The first-order chi connectivity index (χ1) is 9.58. The predicted molar refractivity (Wildman–Crippen MR) is 90.2 cm³/mol. The van der Waals surface area contributed by atoms with Gasteiger partial charge in [0.25, 0.3) is 0 Å². The van der Waals surface area contributed by atoms with Crippen LogP contribution in [0.3, 0.4) is 0 Å². The van der Waals surface area contributed by atoms with Crippen molar-refractivity contribution in [3.63, 3.8) is 0 Å². The molecule has 1 aliphatic heterocycles. The van der Waals surface area contributed by atoms with Gasteiger partial charge in [0.05, 0.1) is 22.5 Å². The third kappa shape index (κ3) is 3.49. The van der Waals surface area contributed by atoms with Crippen LogP contribution in [-0.2, 0) is 19.4 Å². The third-order valence-electron chi connectivity index (χ3n) is 3.71. The van der Waals surface area contributed by atoms with Gasteiger partial charge in [-0.1, -0.05) is 25.4 Å². The molecule has 1 saturated heterocycles. The number of halogens is 1. The molecule has 2 heterocycles. The van der Waals surface area contributed by atoms with Crippen molar-refractivity contribution in [2.45, 2.75) is 56.8 Å². The van der Waals surface area contributed by atoms with Crippen molar-refractivity contribution in [2.24, 2.45) is 0 Å². The van der Waals surface area contributed by atoms with E-state index in [0.29, 0.717) is 11.7 Å². The van der Waals surface area contributed by atoms with E-state index < -0.39 is 0 Å². The molecule has 1 aromatic rings. The number of thioether (sulfide) groups is 2. The summed E-state index contributed by atoms with van der Waals surface area (Å²) in [4.78, 5) is 0. The zero-order chi connectivity index (χ0) is 14.7. The average molecular weight is 335 g/mol. The number of hydrogen-bond acceptors (Lipinski definition) is 4. The van der Waals surface area contributed by atoms with Gasteiger partial charge in [0.1, 0.15) is 0 Å². The molecule has 1 aliphatic rings. The summed E-state index contributed by atoms with van der Waals surface area (Å²) in [7, 11) is 0. The van der Waals surface area contributed by atoms with Crippen LogP contribution in [0.5, 0.6) is 0 Å². The lowest BCUT2D eigenvalue weighted by atomic mass is 10.1. The molecule has 1 fully saturated rings. The molecule has 1 N–H and O–H groups in total. The predicted octanol–water partition coefficient (Wildman–Crippen LogP) is 3.26. The number of rotatable bonds is 5. The quantitative estimate of drug-likeness (QED) is 0.897. The van der Waals surface area contributed by atoms with E-state index in [1.807, 2.05) is 28.2 Å². The fourth-order valence-electron chi connectivity index (χ4n) is 2.60. The number of aliphatic hydroxyl groups is 1. The lowest BCUT2D eigenvalue weighted by molar-refractivity contribution is 0.168. The molecule has 114 valence electrons. The number of aryl methyl sites for hydroxylation is 2. The monoisotopic (exact) mass is 334 g/mol. The number of nitrogens with zero attached hydrogens (tertiary/aromatic N) is 2. The van der Waals surface area contributed by atoms with Crippen molar-refractivity contribution >= 4 is 35.1 Å². The highest BCUT2D eigenvalue weighted by molar-refractivity contribution is 8.07. The lowest BCUT2D eigenvalue weighted by Gasteiger charge is -2.31. The summed E-state index contributed by atoms with van der Waals surface area (Å²) in [6.45, 7) is 7.13. The van der Waals surface area contributed by atoms with Crippen LogP contribution in [0.4, 0.5) is 0 Å². The zero-order valence-corrected chi connectivity index (χ0v) is 14.7. The fraction of sp³-hybridized carbons (Fsp3) is 0.786. The Morgan fingerprint density at radius 1 is 1.40 bits per heavy atom. The van der Waals surface area contributed by atoms with E-state index >= 15 is 0 Å². The maximum Gasteiger partial charge on any atom is 0.0850 e. The van der Waals surface area contributed by atoms with Gasteiger partial charge in [-0.3, -0.25) is 4.68 Å². The van der Waals surface area contributed by atoms with Crippen molar-refractivity contribution in [1.29, 1.82) is 0 Å². The summed E-state index contributed by atoms with van der Waals surface area (Å²) >= 11 is 10.3. The maximum absolute atomic E-state index is 10.6. The molecule has 1 aromatic heterocycles. The third-order valence-corrected chi connectivity index (χ3v) is 7.39. The first-order valence-electron chi connectivity index (χ1n) is 7.23. The molecule has 0 aromatic carbocycles. The Kier molecular flexibility index (Phi) is 6.14. The Labute approximate surface area is 134 Å². The minimum absolute atomic E-state index is 0.287. The molecule has 3 nitrogen and oxygen atoms in total. The van der Waals surface area contributed by atoms with Gasteiger partial charge in [-0.25, -0.2) is 0 Å². The van der Waals surface area contributed by atoms with Crippen LogP contribution in [0.25, 0.3) is 0 Å². The maximum atomic E-state index is 10.6. The molecular weight excluding hydrogens is 312 g/mol. The molecule has 0 spiro atoms. The highest BCUT2D eigenvalue weighted by atomic mass is 35.5. The lowest BCUT2D eigenvalue weighted by Crippen LogP contribution is -2.36. The second-order valence-corrected chi connectivity index (χ2v) is 8.21. The van der Waals surface area contributed by atoms with Gasteiger partial charge in [0.15, 0.2) is 0 Å². The summed E-state index contributed by atoms with van der Waals surface area (Å²) in [6.07, 6.45) is 1.08. The molecule has 6 heteroatoms. The van der Waals surface area contributed by atoms with E-state index in [0.717, 1.165) is 35.1 Å². The van der Waals surface area contributed by atoms with Gasteiger partial charge in [-0.15, -0.1) is 0 Å². The van der Waals surface area contributed by atoms with Crippen molar-refractivity contribution in [3.05, 3.63) is 16.4 Å². The van der Waals surface area contributed by atoms with Crippen LogP contribution < -0.4 is 0 Å². The first-order valence-corrected chi connectivity index (χ1v) is 9.71. The second-order valence-electron chi connectivity index (χ2n) is 5.06. The zero-order valence-electron chi connectivity index (χ0n) is 12.3. The van der Waals surface area contributed by atoms with E-state index in [4.69, 9.17) is 11.6 Å². The standard InChI is InChI=1S/C14H23ClN2OS2/c1-4-10-13(15)11(17(5-2)16-10)8-12(18)14-9(3)19-6-7-20-14/h9,12,14,18H,4-8H2,1-3H3. The number of aliphatic hydroxyl groups excluding tert-OH is 1. The van der Waals surface area contributed by atoms with E-state index in [1.165, 1.54) is 5.75 Å². The van der Waals surface area contributed by atoms with Gasteiger partial charge in [0, 0.05) is 35.0 Å². The minimum Gasteiger partial charge on any atom is -0.392 e. The normalized spacial score (nSPS) is 24.9. The largest absolute Gasteiger partial charge is 0.392 e. The Morgan fingerprint density at radius 3 is 2.70 bits per heavy atom. The molecule has 0 saturated carbocycles. The van der Waals surface area contributed by atoms with E-state index in [9.17, 15) is 5.11 Å². The van der Waals surface area contributed by atoms with Crippen LogP contribution in [0, 0.1) is 0 Å². The van der Waals surface area contributed by atoms with Gasteiger partial charge in [-0.05, 0) is 13.3 Å². The van der Waals surface area contributed by atoms with Crippen LogP contribution in [-0.4, -0.2) is 43.0 Å². The molecule has 0 bridgehead atoms. The highest BCUT2D eigenvalue weighted by Gasteiger charge is 2.30. The second kappa shape index (κ2) is 7.43. The van der Waals surface area contributed by atoms with Crippen LogP contribution in [0.1, 0.15) is 32.2 Å². The molecule has 0 amide bonds. The molecule has 0 aliphatic carbocycles. The molecule has 20 heavy (non-hydrogen) atoms. The van der Waals surface area contributed by atoms with E-state index in [1.54, 1.807) is 0 Å². The fourth-order valence-corrected chi connectivity index (χ4v) is 5.79. The van der Waals surface area contributed by atoms with Crippen LogP contribution >= 0.6 is 35.1 Å². The van der Waals surface area contributed by atoms with Gasteiger partial charge in [-0.2, -0.15) is 28.6 Å². The highest BCUT2D eigenvalue weighted by Crippen LogP contribution is 2.35. The van der Waals surface area contributed by atoms with Crippen LogP contribution in [0.2, 0.25) is 5.02 Å². The summed E-state index contributed by atoms with van der Waals surface area (Å²) in [5, 5.41) is 16.6. The average Bonchev–Trinajstić information content (AvgIpc) is 2.75. The topological polar surface area (TPSA) is 38.0 Å². The SMILES string of the molecule is CCc1nn(CC)c(CC(O)C2SCCSC2C)c1Cl. The Bertz CT molecular complexity index is 453. The summed E-state index contributed by atoms with van der Waals surface area (Å²) in [5.41, 5.74) is 1.93. The molecular formula is C14H23ClN2OS2.